The summed E-state index contributed by atoms with van der Waals surface area (Å²) in [6, 6.07) is 7.51. The second-order valence-electron chi connectivity index (χ2n) is 6.63. The van der Waals surface area contributed by atoms with Gasteiger partial charge in [0.1, 0.15) is 22.9 Å². The van der Waals surface area contributed by atoms with Gasteiger partial charge in [0.2, 0.25) is 0 Å². The molecule has 1 aromatic carbocycles. The molecular weight excluding hydrogens is 350 g/mol. The van der Waals surface area contributed by atoms with Crippen LogP contribution in [0.5, 0.6) is 11.5 Å². The van der Waals surface area contributed by atoms with Crippen LogP contribution in [0.3, 0.4) is 0 Å². The molecule has 0 bridgehead atoms. The Morgan fingerprint density at radius 3 is 2.88 bits per heavy atom. The van der Waals surface area contributed by atoms with E-state index in [1.54, 1.807) is 12.0 Å². The van der Waals surface area contributed by atoms with Crippen molar-refractivity contribution in [2.24, 2.45) is 7.05 Å². The Hall–Kier alpha value is -2.54. The lowest BCUT2D eigenvalue weighted by Crippen LogP contribution is -2.37. The second kappa shape index (κ2) is 6.32. The fraction of sp³-hybridized carbons (Fsp3) is 0.368. The molecule has 4 rings (SSSR count). The zero-order valence-electron chi connectivity index (χ0n) is 15.3. The number of carbonyl (C=O) groups is 1. The molecule has 3 aromatic rings. The van der Waals surface area contributed by atoms with Gasteiger partial charge in [-0.1, -0.05) is 13.8 Å². The van der Waals surface area contributed by atoms with Crippen LogP contribution in [0.25, 0.3) is 10.2 Å². The molecule has 2 aromatic heterocycles. The number of anilines is 1. The Bertz CT molecular complexity index is 989. The number of benzene rings is 1. The molecule has 1 aliphatic rings. The summed E-state index contributed by atoms with van der Waals surface area (Å²) < 4.78 is 12.9. The average Bonchev–Trinajstić information content (AvgIpc) is 3.20. The van der Waals surface area contributed by atoms with Crippen molar-refractivity contribution in [3.05, 3.63) is 34.8 Å². The highest BCUT2D eigenvalue weighted by molar-refractivity contribution is 7.20. The van der Waals surface area contributed by atoms with E-state index in [4.69, 9.17) is 9.47 Å². The fourth-order valence-corrected chi connectivity index (χ4v) is 4.30. The zero-order chi connectivity index (χ0) is 18.4. The van der Waals surface area contributed by atoms with Gasteiger partial charge in [-0.3, -0.25) is 9.48 Å². The van der Waals surface area contributed by atoms with Crippen LogP contribution >= 0.6 is 11.3 Å². The summed E-state index contributed by atoms with van der Waals surface area (Å²) >= 11 is 1.49. The molecule has 0 atom stereocenters. The predicted molar refractivity (Wildman–Crippen MR) is 103 cm³/mol. The van der Waals surface area contributed by atoms with Crippen molar-refractivity contribution in [3.63, 3.8) is 0 Å². The molecule has 0 N–H and O–H groups in total. The molecule has 0 saturated carbocycles. The van der Waals surface area contributed by atoms with Crippen molar-refractivity contribution in [1.29, 1.82) is 0 Å². The minimum Gasteiger partial charge on any atom is -0.497 e. The Labute approximate surface area is 155 Å². The smallest absolute Gasteiger partial charge is 0.268 e. The van der Waals surface area contributed by atoms with Crippen molar-refractivity contribution in [2.45, 2.75) is 19.8 Å². The maximum atomic E-state index is 13.2. The molecule has 0 spiro atoms. The van der Waals surface area contributed by atoms with Crippen LogP contribution < -0.4 is 14.4 Å². The van der Waals surface area contributed by atoms with Gasteiger partial charge in [-0.2, -0.15) is 5.10 Å². The highest BCUT2D eigenvalue weighted by Crippen LogP contribution is 2.38. The van der Waals surface area contributed by atoms with Crippen LogP contribution in [0.2, 0.25) is 0 Å². The summed E-state index contributed by atoms with van der Waals surface area (Å²) in [5.74, 6) is 1.70. The van der Waals surface area contributed by atoms with Crippen molar-refractivity contribution in [3.8, 4) is 11.5 Å². The number of aromatic nitrogens is 2. The van der Waals surface area contributed by atoms with Crippen LogP contribution in [0.1, 0.15) is 35.1 Å². The first-order chi connectivity index (χ1) is 12.5. The third-order valence-electron chi connectivity index (χ3n) is 4.57. The van der Waals surface area contributed by atoms with Gasteiger partial charge in [0.05, 0.1) is 29.9 Å². The first kappa shape index (κ1) is 16.9. The van der Waals surface area contributed by atoms with E-state index in [1.165, 1.54) is 11.3 Å². The summed E-state index contributed by atoms with van der Waals surface area (Å²) in [4.78, 5) is 16.7. The van der Waals surface area contributed by atoms with Gasteiger partial charge in [-0.15, -0.1) is 11.3 Å². The average molecular weight is 371 g/mol. The summed E-state index contributed by atoms with van der Waals surface area (Å²) in [6.07, 6.45) is 0. The number of methoxy groups -OCH3 is 1. The van der Waals surface area contributed by atoms with Crippen LogP contribution in [0.4, 0.5) is 5.69 Å². The number of thiophene rings is 1. The second-order valence-corrected chi connectivity index (χ2v) is 7.66. The topological polar surface area (TPSA) is 56.6 Å². The van der Waals surface area contributed by atoms with Crippen LogP contribution in [0, 0.1) is 0 Å². The highest BCUT2D eigenvalue weighted by atomic mass is 32.1. The van der Waals surface area contributed by atoms with Crippen molar-refractivity contribution < 1.29 is 14.3 Å². The predicted octanol–water partition coefficient (Wildman–Crippen LogP) is 3.81. The normalized spacial score (nSPS) is 13.8. The lowest BCUT2D eigenvalue weighted by atomic mass is 10.1. The lowest BCUT2D eigenvalue weighted by Gasteiger charge is -2.29. The molecule has 7 heteroatoms. The molecule has 1 amide bonds. The number of amides is 1. The van der Waals surface area contributed by atoms with E-state index in [2.05, 4.69) is 18.9 Å². The number of nitrogens with zero attached hydrogens (tertiary/aromatic N) is 3. The van der Waals surface area contributed by atoms with E-state index >= 15 is 0 Å². The minimum absolute atomic E-state index is 0.0151. The zero-order valence-corrected chi connectivity index (χ0v) is 16.1. The molecular formula is C19H21N3O3S. The largest absolute Gasteiger partial charge is 0.497 e. The van der Waals surface area contributed by atoms with Gasteiger partial charge in [0.15, 0.2) is 0 Å². The monoisotopic (exact) mass is 371 g/mol. The van der Waals surface area contributed by atoms with Crippen LogP contribution in [0.15, 0.2) is 24.3 Å². The van der Waals surface area contributed by atoms with E-state index in [0.717, 1.165) is 21.6 Å². The number of fused-ring (bicyclic) bond motifs is 2. The molecule has 0 fully saturated rings. The van der Waals surface area contributed by atoms with E-state index in [0.29, 0.717) is 35.4 Å². The summed E-state index contributed by atoms with van der Waals surface area (Å²) in [5, 5.41) is 5.65. The molecule has 136 valence electrons. The Balaban J connectivity index is 1.75. The van der Waals surface area contributed by atoms with Gasteiger partial charge in [0, 0.05) is 18.5 Å². The van der Waals surface area contributed by atoms with Gasteiger partial charge in [0.25, 0.3) is 5.91 Å². The molecule has 0 unspecified atom stereocenters. The SMILES string of the molecule is COc1ccc2c(c1)N(C(=O)c1cc3c(C(C)C)nn(C)c3s1)CCO2. The van der Waals surface area contributed by atoms with E-state index in [1.807, 2.05) is 36.0 Å². The molecule has 3 heterocycles. The third kappa shape index (κ3) is 2.63. The molecule has 1 aliphatic heterocycles. The Morgan fingerprint density at radius 1 is 1.35 bits per heavy atom. The maximum absolute atomic E-state index is 13.2. The van der Waals surface area contributed by atoms with Crippen molar-refractivity contribution in [2.75, 3.05) is 25.2 Å². The van der Waals surface area contributed by atoms with E-state index in [9.17, 15) is 4.79 Å². The molecule has 0 aliphatic carbocycles. The number of rotatable bonds is 3. The quantitative estimate of drug-likeness (QED) is 0.703. The lowest BCUT2D eigenvalue weighted by molar-refractivity contribution is 0.0980. The number of aryl methyl sites for hydroxylation is 1. The summed E-state index contributed by atoms with van der Waals surface area (Å²) in [5.41, 5.74) is 1.78. The Morgan fingerprint density at radius 2 is 2.15 bits per heavy atom. The van der Waals surface area contributed by atoms with E-state index < -0.39 is 0 Å². The van der Waals surface area contributed by atoms with Crippen LogP contribution in [-0.4, -0.2) is 35.9 Å². The number of hydrogen-bond acceptors (Lipinski definition) is 5. The first-order valence-electron chi connectivity index (χ1n) is 8.58. The fourth-order valence-electron chi connectivity index (χ4n) is 3.27. The molecule has 26 heavy (non-hydrogen) atoms. The standard InChI is InChI=1S/C19H21N3O3S/c1-11(2)17-13-10-16(26-19(13)21(3)20-17)18(23)22-7-8-25-15-6-5-12(24-4)9-14(15)22/h5-6,9-11H,7-8H2,1-4H3. The van der Waals surface area contributed by atoms with Crippen molar-refractivity contribution >= 4 is 33.1 Å². The van der Waals surface area contributed by atoms with Crippen LogP contribution in [-0.2, 0) is 7.05 Å². The first-order valence-corrected chi connectivity index (χ1v) is 9.40. The van der Waals surface area contributed by atoms with Gasteiger partial charge in [-0.05, 0) is 24.1 Å². The maximum Gasteiger partial charge on any atom is 0.268 e. The summed E-state index contributed by atoms with van der Waals surface area (Å²) in [7, 11) is 3.54. The number of carbonyl (C=O) groups excluding carboxylic acids is 1. The van der Waals surface area contributed by atoms with Gasteiger partial charge in [-0.25, -0.2) is 0 Å². The molecule has 0 saturated heterocycles. The minimum atomic E-state index is -0.0151. The van der Waals surface area contributed by atoms with Crippen molar-refractivity contribution in [1.82, 2.24) is 9.78 Å². The highest BCUT2D eigenvalue weighted by Gasteiger charge is 2.28. The molecule has 0 radical (unpaired) electrons. The summed E-state index contributed by atoms with van der Waals surface area (Å²) in [6.45, 7) is 5.23. The molecule has 6 nitrogen and oxygen atoms in total. The number of ether oxygens (including phenoxy) is 2. The van der Waals surface area contributed by atoms with E-state index in [-0.39, 0.29) is 5.91 Å². The van der Waals surface area contributed by atoms with Gasteiger partial charge >= 0.3 is 0 Å². The van der Waals surface area contributed by atoms with Gasteiger partial charge < -0.3 is 14.4 Å². The third-order valence-corrected chi connectivity index (χ3v) is 5.76. The Kier molecular flexibility index (Phi) is 4.11. The number of hydrogen-bond donors (Lipinski definition) is 0.